The molecule has 0 unspecified atom stereocenters. The van der Waals surface area contributed by atoms with Crippen molar-refractivity contribution in [3.8, 4) is 0 Å². The number of hydrogen-bond acceptors (Lipinski definition) is 4. The summed E-state index contributed by atoms with van der Waals surface area (Å²) in [4.78, 5) is 0. The lowest BCUT2D eigenvalue weighted by atomic mass is 10.1. The molecule has 0 saturated heterocycles. The second-order valence-corrected chi connectivity index (χ2v) is 5.84. The van der Waals surface area contributed by atoms with Gasteiger partial charge in [0.15, 0.2) is 0 Å². The summed E-state index contributed by atoms with van der Waals surface area (Å²) in [7, 11) is 0. The summed E-state index contributed by atoms with van der Waals surface area (Å²) in [5.41, 5.74) is 2.30. The molecular weight excluding hydrogens is 232 g/mol. The van der Waals surface area contributed by atoms with E-state index in [0.29, 0.717) is 0 Å². The maximum absolute atomic E-state index is 4.15. The molecule has 0 amide bonds. The minimum atomic E-state index is -0.00138. The molecule has 0 atom stereocenters. The fraction of sp³-hybridized carbons (Fsp3) is 0.500. The van der Waals surface area contributed by atoms with Crippen molar-refractivity contribution in [1.82, 2.24) is 20.3 Å². The molecule has 92 valence electrons. The van der Waals surface area contributed by atoms with Gasteiger partial charge in [-0.25, -0.2) is 4.68 Å². The smallest absolute Gasteiger partial charge is 0.0965 e. The van der Waals surface area contributed by atoms with Crippen molar-refractivity contribution in [3.05, 3.63) is 34.3 Å². The van der Waals surface area contributed by atoms with E-state index in [4.69, 9.17) is 0 Å². The Kier molecular flexibility index (Phi) is 3.59. The minimum absolute atomic E-state index is 0.00138. The molecular formula is C12H18N4S. The monoisotopic (exact) mass is 250 g/mol. The van der Waals surface area contributed by atoms with Gasteiger partial charge in [0, 0.05) is 13.1 Å². The van der Waals surface area contributed by atoms with Crippen LogP contribution in [-0.2, 0) is 18.6 Å². The summed E-state index contributed by atoms with van der Waals surface area (Å²) in [5.74, 6) is 0. The second kappa shape index (κ2) is 4.98. The van der Waals surface area contributed by atoms with Gasteiger partial charge in [0.05, 0.1) is 17.4 Å². The Labute approximate surface area is 106 Å². The molecule has 0 aliphatic rings. The topological polar surface area (TPSA) is 42.7 Å². The van der Waals surface area contributed by atoms with Crippen LogP contribution < -0.4 is 5.32 Å². The first-order chi connectivity index (χ1) is 8.05. The maximum atomic E-state index is 4.15. The predicted molar refractivity (Wildman–Crippen MR) is 69.9 cm³/mol. The van der Waals surface area contributed by atoms with Crippen LogP contribution in [0, 0.1) is 0 Å². The van der Waals surface area contributed by atoms with Crippen LogP contribution in [0.1, 0.15) is 32.0 Å². The number of nitrogens with zero attached hydrogens (tertiary/aromatic N) is 3. The van der Waals surface area contributed by atoms with Crippen LogP contribution in [0.15, 0.2) is 23.0 Å². The van der Waals surface area contributed by atoms with E-state index in [9.17, 15) is 0 Å². The van der Waals surface area contributed by atoms with Crippen molar-refractivity contribution in [2.24, 2.45) is 0 Å². The van der Waals surface area contributed by atoms with E-state index in [2.05, 4.69) is 53.2 Å². The fourth-order valence-corrected chi connectivity index (χ4v) is 2.10. The third-order valence-corrected chi connectivity index (χ3v) is 3.18. The summed E-state index contributed by atoms with van der Waals surface area (Å²) in [6.45, 7) is 7.98. The molecule has 0 aliphatic carbocycles. The van der Waals surface area contributed by atoms with Crippen LogP contribution in [-0.4, -0.2) is 15.0 Å². The number of nitrogens with one attached hydrogen (secondary N) is 1. The normalized spacial score (nSPS) is 11.9. The second-order valence-electron chi connectivity index (χ2n) is 5.06. The van der Waals surface area contributed by atoms with Crippen molar-refractivity contribution in [2.45, 2.75) is 39.4 Å². The molecule has 0 saturated carbocycles. The lowest BCUT2D eigenvalue weighted by molar-refractivity contribution is 0.347. The maximum Gasteiger partial charge on any atom is 0.0965 e. The van der Waals surface area contributed by atoms with E-state index in [0.717, 1.165) is 18.8 Å². The highest BCUT2D eigenvalue weighted by atomic mass is 32.1. The average Bonchev–Trinajstić information content (AvgIpc) is 2.86. The molecule has 2 heterocycles. The van der Waals surface area contributed by atoms with Crippen molar-refractivity contribution >= 4 is 11.3 Å². The van der Waals surface area contributed by atoms with E-state index in [-0.39, 0.29) is 5.54 Å². The Morgan fingerprint density at radius 1 is 1.35 bits per heavy atom. The summed E-state index contributed by atoms with van der Waals surface area (Å²) >= 11 is 1.72. The number of thiophene rings is 1. The molecule has 0 fully saturated rings. The quantitative estimate of drug-likeness (QED) is 0.906. The summed E-state index contributed by atoms with van der Waals surface area (Å²) in [6, 6.07) is 2.13. The molecule has 5 heteroatoms. The van der Waals surface area contributed by atoms with E-state index >= 15 is 0 Å². The zero-order valence-corrected chi connectivity index (χ0v) is 11.3. The average molecular weight is 250 g/mol. The van der Waals surface area contributed by atoms with E-state index in [1.807, 2.05) is 10.9 Å². The van der Waals surface area contributed by atoms with Gasteiger partial charge in [-0.1, -0.05) is 5.21 Å². The van der Waals surface area contributed by atoms with Crippen LogP contribution in [0.3, 0.4) is 0 Å². The molecule has 0 radical (unpaired) electrons. The van der Waals surface area contributed by atoms with Gasteiger partial charge in [0.25, 0.3) is 0 Å². The summed E-state index contributed by atoms with van der Waals surface area (Å²) in [6.07, 6.45) is 2.00. The number of rotatable bonds is 4. The molecule has 0 aliphatic heterocycles. The molecule has 0 bridgehead atoms. The van der Waals surface area contributed by atoms with Gasteiger partial charge in [-0.3, -0.25) is 0 Å². The Morgan fingerprint density at radius 2 is 2.18 bits per heavy atom. The van der Waals surface area contributed by atoms with Crippen molar-refractivity contribution in [2.75, 3.05) is 0 Å². The minimum Gasteiger partial charge on any atom is -0.307 e. The largest absolute Gasteiger partial charge is 0.307 e. The van der Waals surface area contributed by atoms with Gasteiger partial charge in [0.2, 0.25) is 0 Å². The zero-order chi connectivity index (χ0) is 12.3. The van der Waals surface area contributed by atoms with Crippen LogP contribution >= 0.6 is 11.3 Å². The highest BCUT2D eigenvalue weighted by molar-refractivity contribution is 7.07. The molecule has 4 nitrogen and oxygen atoms in total. The predicted octanol–water partition coefficient (Wildman–Crippen LogP) is 2.38. The zero-order valence-electron chi connectivity index (χ0n) is 10.5. The van der Waals surface area contributed by atoms with E-state index in [1.165, 1.54) is 5.56 Å². The van der Waals surface area contributed by atoms with Gasteiger partial charge in [-0.15, -0.1) is 5.10 Å². The van der Waals surface area contributed by atoms with Crippen LogP contribution in [0.5, 0.6) is 0 Å². The molecule has 2 aromatic heterocycles. The lowest BCUT2D eigenvalue weighted by Crippen LogP contribution is -2.22. The van der Waals surface area contributed by atoms with Crippen molar-refractivity contribution in [1.29, 1.82) is 0 Å². The molecule has 0 aromatic carbocycles. The third kappa shape index (κ3) is 3.38. The first-order valence-electron chi connectivity index (χ1n) is 5.69. The standard InChI is InChI=1S/C12H18N4S/c1-12(2,3)16-8-11(14-15-16)7-13-6-10-4-5-17-9-10/h4-5,8-9,13H,6-7H2,1-3H3. The van der Waals surface area contributed by atoms with E-state index in [1.54, 1.807) is 11.3 Å². The lowest BCUT2D eigenvalue weighted by Gasteiger charge is -2.17. The van der Waals surface area contributed by atoms with Crippen LogP contribution in [0.25, 0.3) is 0 Å². The van der Waals surface area contributed by atoms with Crippen molar-refractivity contribution in [3.63, 3.8) is 0 Å². The van der Waals surface area contributed by atoms with Gasteiger partial charge in [-0.2, -0.15) is 11.3 Å². The van der Waals surface area contributed by atoms with Gasteiger partial charge in [-0.05, 0) is 43.2 Å². The molecule has 2 aromatic rings. The van der Waals surface area contributed by atoms with Gasteiger partial charge < -0.3 is 5.32 Å². The molecule has 0 spiro atoms. The van der Waals surface area contributed by atoms with Gasteiger partial charge in [0.1, 0.15) is 0 Å². The third-order valence-electron chi connectivity index (χ3n) is 2.44. The highest BCUT2D eigenvalue weighted by Gasteiger charge is 2.14. The van der Waals surface area contributed by atoms with Crippen molar-refractivity contribution < 1.29 is 0 Å². The first kappa shape index (κ1) is 12.3. The summed E-state index contributed by atoms with van der Waals surface area (Å²) in [5, 5.41) is 15.9. The van der Waals surface area contributed by atoms with Gasteiger partial charge >= 0.3 is 0 Å². The Bertz CT molecular complexity index is 453. The van der Waals surface area contributed by atoms with E-state index < -0.39 is 0 Å². The summed E-state index contributed by atoms with van der Waals surface area (Å²) < 4.78 is 1.90. The molecule has 2 rings (SSSR count). The Hall–Kier alpha value is -1.20. The SMILES string of the molecule is CC(C)(C)n1cc(CNCc2ccsc2)nn1. The number of hydrogen-bond donors (Lipinski definition) is 1. The number of aromatic nitrogens is 3. The molecule has 17 heavy (non-hydrogen) atoms. The Morgan fingerprint density at radius 3 is 2.76 bits per heavy atom. The Balaban J connectivity index is 1.85. The highest BCUT2D eigenvalue weighted by Crippen LogP contribution is 2.11. The van der Waals surface area contributed by atoms with Crippen LogP contribution in [0.4, 0.5) is 0 Å². The fourth-order valence-electron chi connectivity index (χ4n) is 1.44. The van der Waals surface area contributed by atoms with Crippen LogP contribution in [0.2, 0.25) is 0 Å². The molecule has 1 N–H and O–H groups in total. The first-order valence-corrected chi connectivity index (χ1v) is 6.63.